The van der Waals surface area contributed by atoms with Gasteiger partial charge in [-0.05, 0) is 80.2 Å². The van der Waals surface area contributed by atoms with Crippen LogP contribution in [0.2, 0.25) is 0 Å². The Hall–Kier alpha value is -2.44. The maximum absolute atomic E-state index is 12.9. The molecule has 4 fully saturated rings. The van der Waals surface area contributed by atoms with Crippen LogP contribution in [0.5, 0.6) is 5.75 Å². The fraction of sp³-hybridized carbons (Fsp3) is 0.619. The maximum atomic E-state index is 12.9. The first-order valence-electron chi connectivity index (χ1n) is 10.3. The summed E-state index contributed by atoms with van der Waals surface area (Å²) in [6.07, 6.45) is 8.48. The molecule has 1 amide bonds. The number of carbonyl (C=O) groups excluding carboxylic acids is 1. The van der Waals surface area contributed by atoms with Crippen LogP contribution in [0.15, 0.2) is 30.6 Å². The van der Waals surface area contributed by atoms with E-state index < -0.39 is 0 Å². The molecule has 0 aliphatic heterocycles. The van der Waals surface area contributed by atoms with Crippen molar-refractivity contribution in [3.63, 3.8) is 0 Å². The van der Waals surface area contributed by atoms with Crippen LogP contribution in [0.25, 0.3) is 0 Å². The molecule has 6 rings (SSSR count). The van der Waals surface area contributed by atoms with Crippen LogP contribution < -0.4 is 10.1 Å². The monoisotopic (exact) mass is 381 g/mol. The standard InChI is InChI=1S/C21H27N5O2/c1-2-28-18-5-3-15(4-6-18)8-19(27)24-20-9-16-7-17(10-20)12-21(11-16,13-20)26-23-14-22-25-26/h3-6,14,16-17H,2,7-13H2,1H3,(H,24,27). The molecule has 0 saturated heterocycles. The molecule has 1 aromatic carbocycles. The molecule has 7 heteroatoms. The number of tetrazole rings is 1. The van der Waals surface area contributed by atoms with Crippen molar-refractivity contribution < 1.29 is 9.53 Å². The number of nitrogens with zero attached hydrogens (tertiary/aromatic N) is 4. The minimum Gasteiger partial charge on any atom is -0.494 e. The second-order valence-corrected chi connectivity index (χ2v) is 8.99. The Morgan fingerprint density at radius 1 is 1.21 bits per heavy atom. The van der Waals surface area contributed by atoms with Gasteiger partial charge in [-0.1, -0.05) is 12.1 Å². The van der Waals surface area contributed by atoms with Crippen molar-refractivity contribution in [2.45, 2.75) is 62.9 Å². The van der Waals surface area contributed by atoms with Crippen LogP contribution in [0, 0.1) is 11.8 Å². The predicted octanol–water partition coefficient (Wildman–Crippen LogP) is 2.48. The third-order valence-electron chi connectivity index (χ3n) is 6.81. The third kappa shape index (κ3) is 3.06. The minimum absolute atomic E-state index is 0.0764. The molecule has 7 nitrogen and oxygen atoms in total. The van der Waals surface area contributed by atoms with Crippen molar-refractivity contribution >= 4 is 5.91 Å². The lowest BCUT2D eigenvalue weighted by molar-refractivity contribution is -0.130. The van der Waals surface area contributed by atoms with E-state index in [4.69, 9.17) is 4.74 Å². The van der Waals surface area contributed by atoms with Gasteiger partial charge in [-0.25, -0.2) is 0 Å². The largest absolute Gasteiger partial charge is 0.494 e. The number of nitrogens with one attached hydrogen (secondary N) is 1. The summed E-state index contributed by atoms with van der Waals surface area (Å²) in [5.74, 6) is 2.22. The van der Waals surface area contributed by atoms with Crippen molar-refractivity contribution in [1.29, 1.82) is 0 Å². The van der Waals surface area contributed by atoms with E-state index in [1.54, 1.807) is 0 Å². The fourth-order valence-corrected chi connectivity index (χ4v) is 6.37. The van der Waals surface area contributed by atoms with Crippen LogP contribution in [-0.4, -0.2) is 38.3 Å². The van der Waals surface area contributed by atoms with E-state index in [9.17, 15) is 4.79 Å². The highest BCUT2D eigenvalue weighted by Crippen LogP contribution is 2.60. The molecule has 0 radical (unpaired) electrons. The van der Waals surface area contributed by atoms with Gasteiger partial charge in [-0.2, -0.15) is 4.80 Å². The summed E-state index contributed by atoms with van der Waals surface area (Å²) in [5.41, 5.74) is 0.811. The van der Waals surface area contributed by atoms with Gasteiger partial charge in [0.25, 0.3) is 0 Å². The highest BCUT2D eigenvalue weighted by Gasteiger charge is 2.60. The number of hydrogen-bond donors (Lipinski definition) is 1. The van der Waals surface area contributed by atoms with Gasteiger partial charge in [-0.15, -0.1) is 10.2 Å². The molecule has 1 heterocycles. The van der Waals surface area contributed by atoms with Crippen molar-refractivity contribution in [1.82, 2.24) is 25.5 Å². The van der Waals surface area contributed by atoms with E-state index in [0.717, 1.165) is 43.4 Å². The molecule has 4 aliphatic carbocycles. The zero-order valence-electron chi connectivity index (χ0n) is 16.3. The van der Waals surface area contributed by atoms with Crippen LogP contribution >= 0.6 is 0 Å². The van der Waals surface area contributed by atoms with E-state index in [2.05, 4.69) is 20.7 Å². The van der Waals surface area contributed by atoms with E-state index >= 15 is 0 Å². The van der Waals surface area contributed by atoms with E-state index in [0.29, 0.717) is 24.9 Å². The molecular formula is C21H27N5O2. The van der Waals surface area contributed by atoms with Crippen molar-refractivity contribution in [3.05, 3.63) is 36.2 Å². The number of carbonyl (C=O) groups is 1. The molecule has 1 aromatic heterocycles. The number of hydrogen-bond acceptors (Lipinski definition) is 5. The van der Waals surface area contributed by atoms with Gasteiger partial charge < -0.3 is 10.1 Å². The van der Waals surface area contributed by atoms with Crippen LogP contribution in [-0.2, 0) is 16.8 Å². The number of rotatable bonds is 6. The van der Waals surface area contributed by atoms with Crippen molar-refractivity contribution in [3.8, 4) is 5.75 Å². The number of benzene rings is 1. The van der Waals surface area contributed by atoms with Crippen LogP contribution in [0.3, 0.4) is 0 Å². The average molecular weight is 381 g/mol. The topological polar surface area (TPSA) is 81.9 Å². The van der Waals surface area contributed by atoms with E-state index in [1.807, 2.05) is 36.0 Å². The Morgan fingerprint density at radius 3 is 2.61 bits per heavy atom. The zero-order chi connectivity index (χ0) is 19.2. The second-order valence-electron chi connectivity index (χ2n) is 8.99. The zero-order valence-corrected chi connectivity index (χ0v) is 16.3. The van der Waals surface area contributed by atoms with Crippen LogP contribution in [0.1, 0.15) is 51.0 Å². The first kappa shape index (κ1) is 17.6. The quantitative estimate of drug-likeness (QED) is 0.831. The SMILES string of the molecule is CCOc1ccc(CC(=O)NC23CC4CC(C2)CC(n2ncnn2)(C4)C3)cc1. The maximum Gasteiger partial charge on any atom is 0.224 e. The first-order valence-corrected chi connectivity index (χ1v) is 10.3. The van der Waals surface area contributed by atoms with Gasteiger partial charge in [0.1, 0.15) is 5.75 Å². The molecular weight excluding hydrogens is 354 g/mol. The predicted molar refractivity (Wildman–Crippen MR) is 103 cm³/mol. The third-order valence-corrected chi connectivity index (χ3v) is 6.81. The smallest absolute Gasteiger partial charge is 0.224 e. The Kier molecular flexibility index (Phi) is 4.14. The lowest BCUT2D eigenvalue weighted by atomic mass is 9.50. The molecule has 4 saturated carbocycles. The highest BCUT2D eigenvalue weighted by atomic mass is 16.5. The molecule has 2 aromatic rings. The van der Waals surface area contributed by atoms with E-state index in [-0.39, 0.29) is 17.0 Å². The molecule has 0 spiro atoms. The number of ether oxygens (including phenoxy) is 1. The van der Waals surface area contributed by atoms with Crippen molar-refractivity contribution in [2.75, 3.05) is 6.61 Å². The summed E-state index contributed by atoms with van der Waals surface area (Å²) >= 11 is 0. The van der Waals surface area contributed by atoms with Gasteiger partial charge in [-0.3, -0.25) is 4.79 Å². The summed E-state index contributed by atoms with van der Waals surface area (Å²) in [4.78, 5) is 14.7. The Morgan fingerprint density at radius 2 is 1.96 bits per heavy atom. The van der Waals surface area contributed by atoms with Crippen LogP contribution in [0.4, 0.5) is 0 Å². The molecule has 4 bridgehead atoms. The molecule has 2 atom stereocenters. The summed E-state index contributed by atoms with van der Waals surface area (Å²) < 4.78 is 5.48. The molecule has 4 aliphatic rings. The fourth-order valence-electron chi connectivity index (χ4n) is 6.37. The Balaban J connectivity index is 1.31. The molecule has 148 valence electrons. The minimum atomic E-state index is -0.125. The normalized spacial score (nSPS) is 33.0. The molecule has 28 heavy (non-hydrogen) atoms. The van der Waals surface area contributed by atoms with Gasteiger partial charge >= 0.3 is 0 Å². The van der Waals surface area contributed by atoms with Gasteiger partial charge in [0.15, 0.2) is 6.33 Å². The lowest BCUT2D eigenvalue weighted by Crippen LogP contribution is -2.66. The Labute approximate surface area is 164 Å². The summed E-state index contributed by atoms with van der Waals surface area (Å²) in [5, 5.41) is 16.0. The molecule has 1 N–H and O–H groups in total. The Bertz CT molecular complexity index is 834. The summed E-state index contributed by atoms with van der Waals surface area (Å²) in [6.45, 7) is 2.61. The average Bonchev–Trinajstić information content (AvgIpc) is 3.17. The van der Waals surface area contributed by atoms with Gasteiger partial charge in [0.2, 0.25) is 5.91 Å². The van der Waals surface area contributed by atoms with Gasteiger partial charge in [0, 0.05) is 5.54 Å². The highest BCUT2D eigenvalue weighted by molar-refractivity contribution is 5.79. The van der Waals surface area contributed by atoms with E-state index in [1.165, 1.54) is 12.7 Å². The second kappa shape index (κ2) is 6.57. The van der Waals surface area contributed by atoms with Crippen molar-refractivity contribution in [2.24, 2.45) is 11.8 Å². The number of aromatic nitrogens is 4. The van der Waals surface area contributed by atoms with Gasteiger partial charge in [0.05, 0.1) is 18.6 Å². The molecule has 2 unspecified atom stereocenters. The first-order chi connectivity index (χ1) is 13.6. The number of amides is 1. The summed E-state index contributed by atoms with van der Waals surface area (Å²) in [7, 11) is 0. The lowest BCUT2D eigenvalue weighted by Gasteiger charge is -2.61. The summed E-state index contributed by atoms with van der Waals surface area (Å²) in [6, 6.07) is 7.82.